The fraction of sp³-hybridized carbons (Fsp3) is 0.462. The Hall–Kier alpha value is -2.19. The second-order valence-electron chi connectivity index (χ2n) is 4.31. The number of nitro groups is 1. The first-order valence-electron chi connectivity index (χ1n) is 6.32. The van der Waals surface area contributed by atoms with E-state index in [4.69, 9.17) is 15.2 Å². The molecule has 1 aromatic carbocycles. The summed E-state index contributed by atoms with van der Waals surface area (Å²) in [6, 6.07) is 4.01. The lowest BCUT2D eigenvalue weighted by Gasteiger charge is -2.22. The molecule has 0 saturated carbocycles. The molecule has 0 heterocycles. The highest BCUT2D eigenvalue weighted by Gasteiger charge is 2.20. The van der Waals surface area contributed by atoms with Crippen molar-refractivity contribution in [3.8, 4) is 0 Å². The third-order valence-electron chi connectivity index (χ3n) is 2.89. The number of nitrogens with two attached hydrogens (primary N) is 1. The number of benzene rings is 1. The maximum atomic E-state index is 12.4. The molecule has 0 saturated heterocycles. The fourth-order valence-electron chi connectivity index (χ4n) is 1.74. The minimum Gasteiger partial charge on any atom is -0.393 e. The van der Waals surface area contributed by atoms with E-state index in [1.807, 2.05) is 0 Å². The number of nitrogen functional groups attached to an aromatic ring is 1. The smallest absolute Gasteiger partial charge is 0.292 e. The minimum absolute atomic E-state index is 0.0249. The number of nitro benzene ring substituents is 1. The van der Waals surface area contributed by atoms with E-state index in [1.54, 1.807) is 0 Å². The molecular formula is C13H19N3O5. The fourth-order valence-corrected chi connectivity index (χ4v) is 1.74. The number of carbonyl (C=O) groups is 1. The zero-order valence-electron chi connectivity index (χ0n) is 12.1. The van der Waals surface area contributed by atoms with Crippen LogP contribution in [0.15, 0.2) is 18.2 Å². The van der Waals surface area contributed by atoms with Crippen LogP contribution < -0.4 is 5.73 Å². The van der Waals surface area contributed by atoms with Gasteiger partial charge in [0.05, 0.1) is 18.1 Å². The summed E-state index contributed by atoms with van der Waals surface area (Å²) in [6.45, 7) is 1.48. The van der Waals surface area contributed by atoms with Gasteiger partial charge in [0.2, 0.25) is 0 Å². The zero-order valence-corrected chi connectivity index (χ0v) is 12.1. The maximum Gasteiger partial charge on any atom is 0.292 e. The van der Waals surface area contributed by atoms with Gasteiger partial charge in [-0.05, 0) is 12.1 Å². The summed E-state index contributed by atoms with van der Waals surface area (Å²) in [6.07, 6.45) is 0. The summed E-state index contributed by atoms with van der Waals surface area (Å²) < 4.78 is 9.91. The van der Waals surface area contributed by atoms with Crippen LogP contribution in [0.5, 0.6) is 0 Å². The van der Waals surface area contributed by atoms with Crippen molar-refractivity contribution in [1.82, 2.24) is 4.90 Å². The SMILES string of the molecule is COCCN(CCOC)C(=O)c1ccc(N)c([N+](=O)[O-])c1. The average molecular weight is 297 g/mol. The monoisotopic (exact) mass is 297 g/mol. The van der Waals surface area contributed by atoms with Crippen molar-refractivity contribution in [3.05, 3.63) is 33.9 Å². The summed E-state index contributed by atoms with van der Waals surface area (Å²) >= 11 is 0. The van der Waals surface area contributed by atoms with Crippen LogP contribution >= 0.6 is 0 Å². The van der Waals surface area contributed by atoms with Crippen LogP contribution in [0.2, 0.25) is 0 Å². The number of carbonyl (C=O) groups excluding carboxylic acids is 1. The van der Waals surface area contributed by atoms with Gasteiger partial charge in [0.25, 0.3) is 11.6 Å². The van der Waals surface area contributed by atoms with Crippen molar-refractivity contribution in [2.45, 2.75) is 0 Å². The Morgan fingerprint density at radius 2 is 1.86 bits per heavy atom. The van der Waals surface area contributed by atoms with Crippen molar-refractivity contribution < 1.29 is 19.2 Å². The molecular weight excluding hydrogens is 278 g/mol. The third kappa shape index (κ3) is 4.69. The number of anilines is 1. The number of ether oxygens (including phenoxy) is 2. The summed E-state index contributed by atoms with van der Waals surface area (Å²) in [7, 11) is 3.07. The molecule has 2 N–H and O–H groups in total. The minimum atomic E-state index is -0.610. The van der Waals surface area contributed by atoms with Crippen LogP contribution in [0.3, 0.4) is 0 Å². The van der Waals surface area contributed by atoms with E-state index >= 15 is 0 Å². The van der Waals surface area contributed by atoms with E-state index in [0.717, 1.165) is 0 Å². The van der Waals surface area contributed by atoms with Gasteiger partial charge >= 0.3 is 0 Å². The Balaban J connectivity index is 2.96. The van der Waals surface area contributed by atoms with Gasteiger partial charge in [-0.15, -0.1) is 0 Å². The molecule has 1 amide bonds. The van der Waals surface area contributed by atoms with Gasteiger partial charge in [0.1, 0.15) is 5.69 Å². The van der Waals surface area contributed by atoms with Gasteiger partial charge in [-0.1, -0.05) is 0 Å². The zero-order chi connectivity index (χ0) is 15.8. The first kappa shape index (κ1) is 16.9. The summed E-state index contributed by atoms with van der Waals surface area (Å²) in [5.74, 6) is -0.327. The molecule has 116 valence electrons. The Morgan fingerprint density at radius 3 is 2.33 bits per heavy atom. The van der Waals surface area contributed by atoms with Crippen LogP contribution in [0.25, 0.3) is 0 Å². The molecule has 0 unspecified atom stereocenters. The highest BCUT2D eigenvalue weighted by Crippen LogP contribution is 2.23. The van der Waals surface area contributed by atoms with E-state index in [0.29, 0.717) is 26.3 Å². The van der Waals surface area contributed by atoms with E-state index in [2.05, 4.69) is 0 Å². The molecule has 0 aliphatic carbocycles. The number of hydrogen-bond donors (Lipinski definition) is 1. The van der Waals surface area contributed by atoms with Crippen LogP contribution in [0.1, 0.15) is 10.4 Å². The number of nitrogens with zero attached hydrogens (tertiary/aromatic N) is 2. The highest BCUT2D eigenvalue weighted by molar-refractivity contribution is 5.95. The molecule has 8 nitrogen and oxygen atoms in total. The number of rotatable bonds is 8. The molecule has 0 radical (unpaired) electrons. The largest absolute Gasteiger partial charge is 0.393 e. The Labute approximate surface area is 122 Å². The topological polar surface area (TPSA) is 108 Å². The maximum absolute atomic E-state index is 12.4. The Kier molecular flexibility index (Phi) is 6.57. The number of methoxy groups -OCH3 is 2. The number of amides is 1. The lowest BCUT2D eigenvalue weighted by molar-refractivity contribution is -0.383. The number of hydrogen-bond acceptors (Lipinski definition) is 6. The molecule has 0 atom stereocenters. The Morgan fingerprint density at radius 1 is 1.29 bits per heavy atom. The molecule has 8 heteroatoms. The molecule has 1 rings (SSSR count). The molecule has 1 aromatic rings. The van der Waals surface area contributed by atoms with Crippen LogP contribution in [0, 0.1) is 10.1 Å². The van der Waals surface area contributed by atoms with Crippen molar-refractivity contribution >= 4 is 17.3 Å². The second-order valence-corrected chi connectivity index (χ2v) is 4.31. The van der Waals surface area contributed by atoms with Crippen molar-refractivity contribution in [2.24, 2.45) is 0 Å². The summed E-state index contributed by atoms with van der Waals surface area (Å²) in [5, 5.41) is 10.9. The van der Waals surface area contributed by atoms with Crippen molar-refractivity contribution in [2.75, 3.05) is 46.3 Å². The predicted molar refractivity (Wildman–Crippen MR) is 77.2 cm³/mol. The lowest BCUT2D eigenvalue weighted by Crippen LogP contribution is -2.36. The van der Waals surface area contributed by atoms with Crippen LogP contribution in [0.4, 0.5) is 11.4 Å². The van der Waals surface area contributed by atoms with E-state index in [1.165, 1.54) is 37.3 Å². The first-order valence-corrected chi connectivity index (χ1v) is 6.32. The van der Waals surface area contributed by atoms with Gasteiger partial charge in [-0.3, -0.25) is 14.9 Å². The van der Waals surface area contributed by atoms with Gasteiger partial charge in [0.15, 0.2) is 0 Å². The van der Waals surface area contributed by atoms with E-state index in [-0.39, 0.29) is 22.8 Å². The molecule has 0 aromatic heterocycles. The van der Waals surface area contributed by atoms with Gasteiger partial charge in [0, 0.05) is 38.9 Å². The summed E-state index contributed by atoms with van der Waals surface area (Å²) in [4.78, 5) is 24.2. The van der Waals surface area contributed by atoms with Gasteiger partial charge < -0.3 is 20.1 Å². The Bertz CT molecular complexity index is 499. The quantitative estimate of drug-likeness (QED) is 0.434. The predicted octanol–water partition coefficient (Wildman–Crippen LogP) is 0.912. The van der Waals surface area contributed by atoms with Crippen LogP contribution in [-0.2, 0) is 9.47 Å². The molecule has 0 spiro atoms. The molecule has 0 fully saturated rings. The third-order valence-corrected chi connectivity index (χ3v) is 2.89. The molecule has 21 heavy (non-hydrogen) atoms. The second kappa shape index (κ2) is 8.18. The normalized spacial score (nSPS) is 10.4. The standard InChI is InChI=1S/C13H19N3O5/c1-20-7-5-15(6-8-21-2)13(17)10-3-4-11(14)12(9-10)16(18)19/h3-4,9H,5-8,14H2,1-2H3. The average Bonchev–Trinajstić information content (AvgIpc) is 2.47. The first-order chi connectivity index (χ1) is 10.0. The highest BCUT2D eigenvalue weighted by atomic mass is 16.6. The van der Waals surface area contributed by atoms with Crippen molar-refractivity contribution in [1.29, 1.82) is 0 Å². The molecule has 0 bridgehead atoms. The van der Waals surface area contributed by atoms with E-state index in [9.17, 15) is 14.9 Å². The molecule has 0 aliphatic heterocycles. The lowest BCUT2D eigenvalue weighted by atomic mass is 10.1. The molecule has 0 aliphatic rings. The van der Waals surface area contributed by atoms with Crippen LogP contribution in [-0.4, -0.2) is 56.3 Å². The summed E-state index contributed by atoms with van der Waals surface area (Å²) in [5.41, 5.74) is 5.48. The van der Waals surface area contributed by atoms with Gasteiger partial charge in [-0.25, -0.2) is 0 Å². The van der Waals surface area contributed by atoms with Gasteiger partial charge in [-0.2, -0.15) is 0 Å². The van der Waals surface area contributed by atoms with E-state index < -0.39 is 4.92 Å². The van der Waals surface area contributed by atoms with Crippen molar-refractivity contribution in [3.63, 3.8) is 0 Å².